The van der Waals surface area contributed by atoms with Crippen LogP contribution in [0.15, 0.2) is 35.5 Å². The van der Waals surface area contributed by atoms with Crippen molar-refractivity contribution in [1.29, 1.82) is 0 Å². The fraction of sp³-hybridized carbons (Fsp3) is 0.467. The minimum Gasteiger partial charge on any atom is -0.399 e. The number of oxime groups is 1. The van der Waals surface area contributed by atoms with Gasteiger partial charge in [-0.3, -0.25) is 9.69 Å². The van der Waals surface area contributed by atoms with Crippen LogP contribution in [0.1, 0.15) is 18.1 Å². The fourth-order valence-corrected chi connectivity index (χ4v) is 2.79. The van der Waals surface area contributed by atoms with Gasteiger partial charge >= 0.3 is 0 Å². The molecule has 4 N–H and O–H groups in total. The summed E-state index contributed by atoms with van der Waals surface area (Å²) in [5.74, 6) is -0.514. The molecule has 0 bridgehead atoms. The average Bonchev–Trinajstić information content (AvgIpc) is 2.93. The van der Waals surface area contributed by atoms with E-state index in [9.17, 15) is 15.0 Å². The Labute approximate surface area is 129 Å². The zero-order chi connectivity index (χ0) is 16.1. The number of aliphatic hydroxyl groups is 2. The highest BCUT2D eigenvalue weighted by molar-refractivity contribution is 5.95. The van der Waals surface area contributed by atoms with Crippen molar-refractivity contribution in [2.45, 2.75) is 24.6 Å². The summed E-state index contributed by atoms with van der Waals surface area (Å²) in [5, 5.41) is 24.1. The zero-order valence-electron chi connectivity index (χ0n) is 12.4. The maximum absolute atomic E-state index is 11.7. The molecule has 2 rings (SSSR count). The second-order valence-electron chi connectivity index (χ2n) is 5.24. The minimum absolute atomic E-state index is 0.305. The van der Waals surface area contributed by atoms with E-state index in [4.69, 9.17) is 10.6 Å². The molecule has 1 saturated heterocycles. The molecule has 7 nitrogen and oxygen atoms in total. The third-order valence-electron chi connectivity index (χ3n) is 3.86. The molecule has 7 heteroatoms. The summed E-state index contributed by atoms with van der Waals surface area (Å²) in [6, 6.07) is 7.73. The van der Waals surface area contributed by atoms with E-state index in [-0.39, 0.29) is 6.61 Å². The minimum atomic E-state index is -0.935. The highest BCUT2D eigenvalue weighted by Crippen LogP contribution is 2.27. The van der Waals surface area contributed by atoms with Crippen LogP contribution in [0.25, 0.3) is 0 Å². The molecule has 120 valence electrons. The third kappa shape index (κ3) is 3.44. The fourth-order valence-electron chi connectivity index (χ4n) is 2.79. The van der Waals surface area contributed by atoms with Gasteiger partial charge in [-0.2, -0.15) is 0 Å². The smallest absolute Gasteiger partial charge is 0.235 e. The lowest BCUT2D eigenvalue weighted by Crippen LogP contribution is -2.50. The molecule has 1 unspecified atom stereocenters. The number of carbonyl (C=O) groups is 1. The lowest BCUT2D eigenvalue weighted by atomic mass is 10.0. The van der Waals surface area contributed by atoms with Gasteiger partial charge < -0.3 is 20.8 Å². The normalized spacial score (nSPS) is 23.4. The predicted molar refractivity (Wildman–Crippen MR) is 81.0 cm³/mol. The van der Waals surface area contributed by atoms with Crippen LogP contribution >= 0.6 is 0 Å². The summed E-state index contributed by atoms with van der Waals surface area (Å²) in [6.07, 6.45) is -0.601. The van der Waals surface area contributed by atoms with Gasteiger partial charge in [-0.1, -0.05) is 35.5 Å². The van der Waals surface area contributed by atoms with Crippen molar-refractivity contribution in [1.82, 2.24) is 4.90 Å². The van der Waals surface area contributed by atoms with E-state index in [1.54, 1.807) is 29.2 Å². The van der Waals surface area contributed by atoms with Crippen molar-refractivity contribution < 1.29 is 19.8 Å². The molecule has 0 spiro atoms. The number of aliphatic hydroxyl groups excluding tert-OH is 2. The molecule has 0 aliphatic carbocycles. The molecule has 1 fully saturated rings. The molecule has 1 aromatic rings. The number of hydrogen-bond acceptors (Lipinski definition) is 6. The highest BCUT2D eigenvalue weighted by atomic mass is 16.6. The van der Waals surface area contributed by atoms with Gasteiger partial charge in [-0.15, -0.1) is 0 Å². The van der Waals surface area contributed by atoms with Crippen LogP contribution in [-0.2, 0) is 9.63 Å². The monoisotopic (exact) mass is 307 g/mol. The van der Waals surface area contributed by atoms with E-state index in [2.05, 4.69) is 5.16 Å². The summed E-state index contributed by atoms with van der Waals surface area (Å²) in [5.41, 5.74) is 6.76. The largest absolute Gasteiger partial charge is 0.399 e. The van der Waals surface area contributed by atoms with E-state index in [1.165, 1.54) is 7.11 Å². The quantitative estimate of drug-likeness (QED) is 0.622. The van der Waals surface area contributed by atoms with E-state index >= 15 is 0 Å². The van der Waals surface area contributed by atoms with Crippen LogP contribution < -0.4 is 5.73 Å². The number of benzene rings is 1. The Bertz CT molecular complexity index is 535. The van der Waals surface area contributed by atoms with E-state index in [0.29, 0.717) is 24.2 Å². The average molecular weight is 307 g/mol. The van der Waals surface area contributed by atoms with Gasteiger partial charge in [0.15, 0.2) is 0 Å². The Balaban J connectivity index is 2.24. The van der Waals surface area contributed by atoms with Crippen molar-refractivity contribution in [2.24, 2.45) is 10.9 Å². The van der Waals surface area contributed by atoms with E-state index < -0.39 is 24.1 Å². The first-order valence-electron chi connectivity index (χ1n) is 7.06. The molecular formula is C15H21N3O4. The number of likely N-dealkylation sites (tertiary alicyclic amines) is 1. The number of hydrogen-bond donors (Lipinski definition) is 3. The first-order chi connectivity index (χ1) is 10.6. The highest BCUT2D eigenvalue weighted by Gasteiger charge is 2.40. The summed E-state index contributed by atoms with van der Waals surface area (Å²) in [6.45, 7) is 0.0106. The Morgan fingerprint density at radius 2 is 2.18 bits per heavy atom. The Morgan fingerprint density at radius 1 is 1.50 bits per heavy atom. The molecule has 0 aromatic heterocycles. The summed E-state index contributed by atoms with van der Waals surface area (Å²) >= 11 is 0. The lowest BCUT2D eigenvalue weighted by Gasteiger charge is -2.33. The van der Waals surface area contributed by atoms with Gasteiger partial charge in [0, 0.05) is 13.0 Å². The van der Waals surface area contributed by atoms with Crippen molar-refractivity contribution in [3.05, 3.63) is 35.9 Å². The Kier molecular flexibility index (Phi) is 5.48. The standard InChI is InChI=1S/C15H21N3O4/c1-22-17-11-7-12(15(16)21)18(8-11)13(9-19)14(20)10-5-3-2-4-6-10/h2-6,12-14,19-20H,7-9H2,1H3,(H2,16,21)/t12?,13-,14-/m0/s1. The number of rotatable bonds is 6. The van der Waals surface area contributed by atoms with Crippen LogP contribution in [0.3, 0.4) is 0 Å². The zero-order valence-corrected chi connectivity index (χ0v) is 12.4. The maximum atomic E-state index is 11.7. The molecule has 0 radical (unpaired) electrons. The molecule has 1 aliphatic rings. The van der Waals surface area contributed by atoms with E-state index in [1.807, 2.05) is 6.07 Å². The van der Waals surface area contributed by atoms with Crippen LogP contribution in [0.5, 0.6) is 0 Å². The predicted octanol–water partition coefficient (Wildman–Crippen LogP) is -0.357. The second-order valence-corrected chi connectivity index (χ2v) is 5.24. The molecule has 1 aromatic carbocycles. The SMILES string of the molecule is CON=C1CC(C(N)=O)N([C@@H](CO)[C@@H](O)c2ccccc2)C1. The summed E-state index contributed by atoms with van der Waals surface area (Å²) < 4.78 is 0. The molecule has 22 heavy (non-hydrogen) atoms. The van der Waals surface area contributed by atoms with Crippen LogP contribution in [0.2, 0.25) is 0 Å². The summed E-state index contributed by atoms with van der Waals surface area (Å²) in [7, 11) is 1.43. The van der Waals surface area contributed by atoms with Gasteiger partial charge in [0.1, 0.15) is 7.11 Å². The van der Waals surface area contributed by atoms with Crippen LogP contribution in [0.4, 0.5) is 0 Å². The van der Waals surface area contributed by atoms with Gasteiger partial charge in [0.2, 0.25) is 5.91 Å². The van der Waals surface area contributed by atoms with Crippen LogP contribution in [0, 0.1) is 0 Å². The summed E-state index contributed by atoms with van der Waals surface area (Å²) in [4.78, 5) is 18.1. The first-order valence-corrected chi connectivity index (χ1v) is 7.06. The van der Waals surface area contributed by atoms with Gasteiger partial charge in [-0.05, 0) is 5.56 Å². The van der Waals surface area contributed by atoms with Crippen molar-refractivity contribution in [2.75, 3.05) is 20.3 Å². The van der Waals surface area contributed by atoms with Crippen molar-refractivity contribution >= 4 is 11.6 Å². The lowest BCUT2D eigenvalue weighted by molar-refractivity contribution is -0.124. The second kappa shape index (κ2) is 7.35. The number of nitrogens with zero attached hydrogens (tertiary/aromatic N) is 2. The Hall–Kier alpha value is -1.96. The molecule has 3 atom stereocenters. The van der Waals surface area contributed by atoms with Gasteiger partial charge in [-0.25, -0.2) is 0 Å². The number of primary amides is 1. The van der Waals surface area contributed by atoms with E-state index in [0.717, 1.165) is 0 Å². The number of amides is 1. The first kappa shape index (κ1) is 16.4. The molecule has 1 heterocycles. The molecular weight excluding hydrogens is 286 g/mol. The van der Waals surface area contributed by atoms with Gasteiger partial charge in [0.05, 0.1) is 30.5 Å². The maximum Gasteiger partial charge on any atom is 0.235 e. The van der Waals surface area contributed by atoms with Crippen LogP contribution in [-0.4, -0.2) is 59.1 Å². The number of carbonyl (C=O) groups excluding carboxylic acids is 1. The van der Waals surface area contributed by atoms with Crippen molar-refractivity contribution in [3.63, 3.8) is 0 Å². The molecule has 1 amide bonds. The topological polar surface area (TPSA) is 108 Å². The molecule has 0 saturated carbocycles. The number of nitrogens with two attached hydrogens (primary N) is 1. The van der Waals surface area contributed by atoms with Crippen molar-refractivity contribution in [3.8, 4) is 0 Å². The van der Waals surface area contributed by atoms with Gasteiger partial charge in [0.25, 0.3) is 0 Å². The Morgan fingerprint density at radius 3 is 2.73 bits per heavy atom. The molecule has 1 aliphatic heterocycles. The third-order valence-corrected chi connectivity index (χ3v) is 3.86.